The average Bonchev–Trinajstić information content (AvgIpc) is 3.21. The number of nitrogens with zero attached hydrogens (tertiary/aromatic N) is 3. The number of benzene rings is 2. The number of para-hydroxylation sites is 1. The molecule has 1 atom stereocenters. The van der Waals surface area contributed by atoms with Gasteiger partial charge in [0.05, 0.1) is 7.11 Å². The fraction of sp³-hybridized carbons (Fsp3) is 0.263. The number of methoxy groups -OCH3 is 1. The molecule has 2 N–H and O–H groups in total. The van der Waals surface area contributed by atoms with Crippen molar-refractivity contribution in [2.45, 2.75) is 25.7 Å². The molecular weight excluding hydrogens is 330 g/mol. The third-order valence-corrected chi connectivity index (χ3v) is 4.24. The van der Waals surface area contributed by atoms with Crippen molar-refractivity contribution in [1.29, 1.82) is 0 Å². The summed E-state index contributed by atoms with van der Waals surface area (Å²) >= 11 is 0. The van der Waals surface area contributed by atoms with Crippen LogP contribution in [0, 0.1) is 0 Å². The van der Waals surface area contributed by atoms with Crippen LogP contribution in [0.5, 0.6) is 5.75 Å². The second-order valence-electron chi connectivity index (χ2n) is 5.88. The van der Waals surface area contributed by atoms with Gasteiger partial charge in [-0.2, -0.15) is 5.21 Å². The van der Waals surface area contributed by atoms with Crippen molar-refractivity contribution in [3.8, 4) is 5.75 Å². The van der Waals surface area contributed by atoms with Gasteiger partial charge in [-0.05, 0) is 42.2 Å². The van der Waals surface area contributed by atoms with E-state index in [1.54, 1.807) is 7.11 Å². The predicted molar refractivity (Wildman–Crippen MR) is 98.1 cm³/mol. The van der Waals surface area contributed by atoms with Crippen molar-refractivity contribution in [3.63, 3.8) is 0 Å². The molecule has 26 heavy (non-hydrogen) atoms. The Hall–Kier alpha value is -3.22. The molecule has 0 spiro atoms. The molecule has 0 aliphatic carbocycles. The summed E-state index contributed by atoms with van der Waals surface area (Å²) in [5.41, 5.74) is 2.86. The van der Waals surface area contributed by atoms with Gasteiger partial charge in [0, 0.05) is 5.69 Å². The number of tetrazole rings is 1. The molecule has 0 aliphatic rings. The van der Waals surface area contributed by atoms with E-state index in [1.165, 1.54) is 5.56 Å². The van der Waals surface area contributed by atoms with Crippen LogP contribution in [0.4, 0.5) is 5.69 Å². The Kier molecular flexibility index (Phi) is 5.58. The molecule has 7 nitrogen and oxygen atoms in total. The van der Waals surface area contributed by atoms with Crippen LogP contribution in [0.15, 0.2) is 48.5 Å². The van der Waals surface area contributed by atoms with Crippen molar-refractivity contribution in [2.24, 2.45) is 0 Å². The second kappa shape index (κ2) is 8.24. The Labute approximate surface area is 151 Å². The van der Waals surface area contributed by atoms with Gasteiger partial charge in [0.2, 0.25) is 5.91 Å². The summed E-state index contributed by atoms with van der Waals surface area (Å²) < 4.78 is 5.39. The van der Waals surface area contributed by atoms with E-state index in [2.05, 4.69) is 32.9 Å². The third-order valence-electron chi connectivity index (χ3n) is 4.24. The van der Waals surface area contributed by atoms with Crippen molar-refractivity contribution >= 4 is 11.6 Å². The van der Waals surface area contributed by atoms with Crippen molar-refractivity contribution in [3.05, 3.63) is 65.5 Å². The molecule has 3 aromatic rings. The largest absolute Gasteiger partial charge is 0.496 e. The van der Waals surface area contributed by atoms with Gasteiger partial charge < -0.3 is 10.1 Å². The number of ether oxygens (including phenoxy) is 1. The number of aryl methyl sites for hydroxylation is 1. The van der Waals surface area contributed by atoms with Gasteiger partial charge in [0.15, 0.2) is 5.82 Å². The highest BCUT2D eigenvalue weighted by Crippen LogP contribution is 2.26. The maximum Gasteiger partial charge on any atom is 0.235 e. The minimum atomic E-state index is -0.587. The highest BCUT2D eigenvalue weighted by Gasteiger charge is 2.26. The Morgan fingerprint density at radius 1 is 1.19 bits per heavy atom. The molecule has 0 saturated carbocycles. The Bertz CT molecular complexity index is 847. The standard InChI is InChI=1S/C19H21N5O2/c1-3-13-8-10-15(11-9-13)20-19(25)16(18-21-23-24-22-18)12-14-6-4-5-7-17(14)26-2/h4-11,16H,3,12H2,1-2H3,(H,20,25)(H,21,22,23,24)/t16-/m1/s1. The number of aromatic amines is 1. The molecule has 0 bridgehead atoms. The topological polar surface area (TPSA) is 92.8 Å². The second-order valence-corrected chi connectivity index (χ2v) is 5.88. The number of carbonyl (C=O) groups is 1. The van der Waals surface area contributed by atoms with E-state index >= 15 is 0 Å². The number of carbonyl (C=O) groups excluding carboxylic acids is 1. The number of rotatable bonds is 7. The van der Waals surface area contributed by atoms with Crippen molar-refractivity contribution in [2.75, 3.05) is 12.4 Å². The molecule has 7 heteroatoms. The van der Waals surface area contributed by atoms with Crippen LogP contribution in [0.1, 0.15) is 29.8 Å². The lowest BCUT2D eigenvalue weighted by atomic mass is 9.97. The first-order valence-electron chi connectivity index (χ1n) is 8.46. The summed E-state index contributed by atoms with van der Waals surface area (Å²) in [6.07, 6.45) is 1.36. The average molecular weight is 351 g/mol. The highest BCUT2D eigenvalue weighted by atomic mass is 16.5. The molecule has 0 unspecified atom stereocenters. The van der Waals surface area contributed by atoms with Crippen molar-refractivity contribution in [1.82, 2.24) is 20.6 Å². The van der Waals surface area contributed by atoms with Crippen LogP contribution < -0.4 is 10.1 Å². The van der Waals surface area contributed by atoms with E-state index in [0.29, 0.717) is 12.2 Å². The van der Waals surface area contributed by atoms with E-state index in [0.717, 1.165) is 23.4 Å². The van der Waals surface area contributed by atoms with Gasteiger partial charge in [-0.1, -0.05) is 42.5 Å². The predicted octanol–water partition coefficient (Wildman–Crippen LogP) is 2.74. The lowest BCUT2D eigenvalue weighted by Gasteiger charge is -2.16. The van der Waals surface area contributed by atoms with Gasteiger partial charge >= 0.3 is 0 Å². The lowest BCUT2D eigenvalue weighted by molar-refractivity contribution is -0.117. The van der Waals surface area contributed by atoms with Crippen LogP contribution in [0.2, 0.25) is 0 Å². The summed E-state index contributed by atoms with van der Waals surface area (Å²) in [6.45, 7) is 2.09. The molecule has 0 radical (unpaired) electrons. The molecule has 0 fully saturated rings. The summed E-state index contributed by atoms with van der Waals surface area (Å²) in [4.78, 5) is 12.9. The van der Waals surface area contributed by atoms with Crippen molar-refractivity contribution < 1.29 is 9.53 Å². The first-order valence-corrected chi connectivity index (χ1v) is 8.46. The first-order chi connectivity index (χ1) is 12.7. The summed E-state index contributed by atoms with van der Waals surface area (Å²) in [5, 5.41) is 17.0. The Balaban J connectivity index is 1.82. The van der Waals surface area contributed by atoms with Gasteiger partial charge in [0.25, 0.3) is 0 Å². The maximum atomic E-state index is 12.9. The minimum Gasteiger partial charge on any atom is -0.496 e. The number of anilines is 1. The quantitative estimate of drug-likeness (QED) is 0.683. The highest BCUT2D eigenvalue weighted by molar-refractivity contribution is 5.95. The van der Waals surface area contributed by atoms with E-state index in [9.17, 15) is 4.79 Å². The van der Waals surface area contributed by atoms with Crippen LogP contribution >= 0.6 is 0 Å². The maximum absolute atomic E-state index is 12.9. The number of H-pyrrole nitrogens is 1. The molecule has 3 rings (SSSR count). The van der Waals surface area contributed by atoms with Crippen LogP contribution in [-0.2, 0) is 17.6 Å². The zero-order valence-corrected chi connectivity index (χ0v) is 14.8. The molecule has 1 heterocycles. The van der Waals surface area contributed by atoms with Gasteiger partial charge in [-0.15, -0.1) is 10.2 Å². The zero-order valence-electron chi connectivity index (χ0n) is 14.8. The molecule has 1 amide bonds. The molecule has 2 aromatic carbocycles. The summed E-state index contributed by atoms with van der Waals surface area (Å²) in [6, 6.07) is 15.4. The molecule has 0 aliphatic heterocycles. The normalized spacial score (nSPS) is 11.8. The molecular formula is C19H21N5O2. The zero-order chi connectivity index (χ0) is 18.4. The Morgan fingerprint density at radius 2 is 1.96 bits per heavy atom. The SMILES string of the molecule is CCc1ccc(NC(=O)[C@H](Cc2ccccc2OC)c2nn[nH]n2)cc1. The Morgan fingerprint density at radius 3 is 2.62 bits per heavy atom. The minimum absolute atomic E-state index is 0.193. The van der Waals surface area contributed by atoms with E-state index in [4.69, 9.17) is 4.74 Å². The number of aromatic nitrogens is 4. The molecule has 0 saturated heterocycles. The number of amides is 1. The lowest BCUT2D eigenvalue weighted by Crippen LogP contribution is -2.24. The number of hydrogen-bond donors (Lipinski definition) is 2. The van der Waals surface area contributed by atoms with Gasteiger partial charge in [-0.25, -0.2) is 0 Å². The van der Waals surface area contributed by atoms with E-state index in [-0.39, 0.29) is 5.91 Å². The summed E-state index contributed by atoms with van der Waals surface area (Å²) in [7, 11) is 1.61. The fourth-order valence-electron chi connectivity index (χ4n) is 2.76. The van der Waals surface area contributed by atoms with Crippen LogP contribution in [-0.4, -0.2) is 33.6 Å². The van der Waals surface area contributed by atoms with E-state index < -0.39 is 5.92 Å². The third kappa shape index (κ3) is 4.05. The molecule has 1 aromatic heterocycles. The van der Waals surface area contributed by atoms with Gasteiger partial charge in [0.1, 0.15) is 11.7 Å². The number of hydrogen-bond acceptors (Lipinski definition) is 5. The van der Waals surface area contributed by atoms with Gasteiger partial charge in [-0.3, -0.25) is 4.79 Å². The summed E-state index contributed by atoms with van der Waals surface area (Å²) in [5.74, 6) is 0.289. The molecule has 134 valence electrons. The van der Waals surface area contributed by atoms with E-state index in [1.807, 2.05) is 48.5 Å². The van der Waals surface area contributed by atoms with Crippen LogP contribution in [0.25, 0.3) is 0 Å². The smallest absolute Gasteiger partial charge is 0.235 e. The van der Waals surface area contributed by atoms with Crippen LogP contribution in [0.3, 0.4) is 0 Å². The number of nitrogens with one attached hydrogen (secondary N) is 2. The first kappa shape index (κ1) is 17.6. The fourth-order valence-corrected chi connectivity index (χ4v) is 2.76. The monoisotopic (exact) mass is 351 g/mol.